The first kappa shape index (κ1) is 11.4. The Morgan fingerprint density at radius 2 is 2.14 bits per heavy atom. The molecule has 0 aliphatic heterocycles. The van der Waals surface area contributed by atoms with Gasteiger partial charge in [-0.25, -0.2) is 0 Å². The topological polar surface area (TPSA) is 9.23 Å². The largest absolute Gasteiger partial charge is 0.489 e. The van der Waals surface area contributed by atoms with Crippen molar-refractivity contribution in [2.75, 3.05) is 12.5 Å². The molecule has 76 valence electrons. The highest BCUT2D eigenvalue weighted by molar-refractivity contribution is 6.30. The lowest BCUT2D eigenvalue weighted by molar-refractivity contribution is 0.360. The molecule has 0 unspecified atom stereocenters. The molecule has 0 aromatic heterocycles. The van der Waals surface area contributed by atoms with Gasteiger partial charge in [0.05, 0.1) is 0 Å². The summed E-state index contributed by atoms with van der Waals surface area (Å²) in [6.45, 7) is 2.50. The Labute approximate surface area is 94.3 Å². The van der Waals surface area contributed by atoms with E-state index in [1.807, 2.05) is 37.3 Å². The van der Waals surface area contributed by atoms with Gasteiger partial charge in [0.2, 0.25) is 0 Å². The van der Waals surface area contributed by atoms with Gasteiger partial charge in [-0.15, -0.1) is 11.6 Å². The van der Waals surface area contributed by atoms with Gasteiger partial charge in [-0.3, -0.25) is 0 Å². The molecule has 0 N–H and O–H groups in total. The predicted molar refractivity (Wildman–Crippen MR) is 61.5 cm³/mol. The molecule has 0 bridgehead atoms. The lowest BCUT2D eigenvalue weighted by Gasteiger charge is -2.06. The number of halogens is 2. The van der Waals surface area contributed by atoms with Gasteiger partial charge in [0.25, 0.3) is 0 Å². The van der Waals surface area contributed by atoms with E-state index in [4.69, 9.17) is 27.9 Å². The van der Waals surface area contributed by atoms with Crippen LogP contribution in [0.25, 0.3) is 0 Å². The van der Waals surface area contributed by atoms with Crippen LogP contribution in [0.2, 0.25) is 5.02 Å². The Morgan fingerprint density at radius 1 is 1.36 bits per heavy atom. The van der Waals surface area contributed by atoms with E-state index in [2.05, 4.69) is 0 Å². The zero-order chi connectivity index (χ0) is 10.4. The van der Waals surface area contributed by atoms with Gasteiger partial charge in [-0.1, -0.05) is 23.8 Å². The highest BCUT2D eigenvalue weighted by Crippen LogP contribution is 2.21. The average Bonchev–Trinajstić information content (AvgIpc) is 2.15. The van der Waals surface area contributed by atoms with E-state index in [0.29, 0.717) is 12.5 Å². The average molecular weight is 231 g/mol. The zero-order valence-electron chi connectivity index (χ0n) is 7.97. The molecule has 3 heteroatoms. The van der Waals surface area contributed by atoms with Crippen LogP contribution in [0.3, 0.4) is 0 Å². The molecular weight excluding hydrogens is 219 g/mol. The van der Waals surface area contributed by atoms with Crippen molar-refractivity contribution in [3.63, 3.8) is 0 Å². The first-order valence-electron chi connectivity index (χ1n) is 4.34. The maximum Gasteiger partial charge on any atom is 0.122 e. The van der Waals surface area contributed by atoms with Crippen LogP contribution in [-0.4, -0.2) is 12.5 Å². The molecule has 1 nitrogen and oxygen atoms in total. The Balaban J connectivity index is 2.55. The summed E-state index contributed by atoms with van der Waals surface area (Å²) in [5.41, 5.74) is 1.04. The summed E-state index contributed by atoms with van der Waals surface area (Å²) in [6, 6.07) is 5.56. The summed E-state index contributed by atoms with van der Waals surface area (Å²) in [6.07, 6.45) is 3.74. The molecule has 0 saturated carbocycles. The SMILES string of the molecule is Cc1cc(Cl)ccc1OCC=CCCl. The normalized spacial score (nSPS) is 10.8. The standard InChI is InChI=1S/C11H12Cl2O/c1-9-8-10(13)4-5-11(9)14-7-3-2-6-12/h2-5,8H,6-7H2,1H3. The molecular formula is C11H12Cl2O. The van der Waals surface area contributed by atoms with Gasteiger partial charge < -0.3 is 4.74 Å². The van der Waals surface area contributed by atoms with Gasteiger partial charge in [0, 0.05) is 10.9 Å². The van der Waals surface area contributed by atoms with Crippen molar-refractivity contribution in [3.05, 3.63) is 40.9 Å². The van der Waals surface area contributed by atoms with E-state index in [1.165, 1.54) is 0 Å². The third-order valence-electron chi connectivity index (χ3n) is 1.73. The third-order valence-corrected chi connectivity index (χ3v) is 2.14. The van der Waals surface area contributed by atoms with Crippen LogP contribution < -0.4 is 4.74 Å². The second-order valence-corrected chi connectivity index (χ2v) is 3.59. The second-order valence-electron chi connectivity index (χ2n) is 2.85. The highest BCUT2D eigenvalue weighted by Gasteiger charge is 1.98. The minimum absolute atomic E-state index is 0.517. The minimum atomic E-state index is 0.517. The van der Waals surface area contributed by atoms with E-state index < -0.39 is 0 Å². The van der Waals surface area contributed by atoms with Gasteiger partial charge in [0.1, 0.15) is 12.4 Å². The molecule has 0 spiro atoms. The monoisotopic (exact) mass is 230 g/mol. The molecule has 0 atom stereocenters. The third kappa shape index (κ3) is 3.60. The van der Waals surface area contributed by atoms with Crippen molar-refractivity contribution in [1.29, 1.82) is 0 Å². The molecule has 0 heterocycles. The summed E-state index contributed by atoms with van der Waals surface area (Å²) in [7, 11) is 0. The zero-order valence-corrected chi connectivity index (χ0v) is 9.48. The van der Waals surface area contributed by atoms with E-state index in [1.54, 1.807) is 0 Å². The number of hydrogen-bond donors (Lipinski definition) is 0. The molecule has 0 aliphatic rings. The van der Waals surface area contributed by atoms with Gasteiger partial charge >= 0.3 is 0 Å². The van der Waals surface area contributed by atoms with E-state index >= 15 is 0 Å². The van der Waals surface area contributed by atoms with Gasteiger partial charge in [-0.2, -0.15) is 0 Å². The first-order valence-corrected chi connectivity index (χ1v) is 5.25. The highest BCUT2D eigenvalue weighted by atomic mass is 35.5. The number of ether oxygens (including phenoxy) is 1. The number of benzene rings is 1. The van der Waals surface area contributed by atoms with Crippen LogP contribution in [-0.2, 0) is 0 Å². The van der Waals surface area contributed by atoms with Crippen LogP contribution >= 0.6 is 23.2 Å². The second kappa shape index (κ2) is 5.94. The van der Waals surface area contributed by atoms with Crippen LogP contribution in [0, 0.1) is 6.92 Å². The lowest BCUT2D eigenvalue weighted by Crippen LogP contribution is -1.95. The molecule has 1 aromatic rings. The summed E-state index contributed by atoms with van der Waals surface area (Å²) >= 11 is 11.3. The van der Waals surface area contributed by atoms with Gasteiger partial charge in [-0.05, 0) is 30.7 Å². The van der Waals surface area contributed by atoms with Crippen LogP contribution in [0.4, 0.5) is 0 Å². The van der Waals surface area contributed by atoms with Crippen molar-refractivity contribution < 1.29 is 4.74 Å². The Bertz CT molecular complexity index is 321. The summed E-state index contributed by atoms with van der Waals surface area (Å²) < 4.78 is 5.49. The van der Waals surface area contributed by atoms with Crippen molar-refractivity contribution in [2.45, 2.75) is 6.92 Å². The molecule has 0 radical (unpaired) electrons. The predicted octanol–water partition coefficient (Wildman–Crippen LogP) is 3.82. The molecule has 0 fully saturated rings. The minimum Gasteiger partial charge on any atom is -0.489 e. The summed E-state index contributed by atoms with van der Waals surface area (Å²) in [5, 5.41) is 0.728. The molecule has 1 aromatic carbocycles. The quantitative estimate of drug-likeness (QED) is 0.565. The first-order chi connectivity index (χ1) is 6.74. The van der Waals surface area contributed by atoms with Crippen molar-refractivity contribution >= 4 is 23.2 Å². The fraction of sp³-hybridized carbons (Fsp3) is 0.273. The molecule has 14 heavy (non-hydrogen) atoms. The Hall–Kier alpha value is -0.660. The number of rotatable bonds is 4. The Morgan fingerprint density at radius 3 is 2.79 bits per heavy atom. The summed E-state index contributed by atoms with van der Waals surface area (Å²) in [4.78, 5) is 0. The molecule has 0 saturated heterocycles. The van der Waals surface area contributed by atoms with Crippen LogP contribution in [0.15, 0.2) is 30.4 Å². The molecule has 0 amide bonds. The number of aryl methyl sites for hydroxylation is 1. The number of alkyl halides is 1. The number of allylic oxidation sites excluding steroid dienone is 1. The summed E-state index contributed by atoms with van der Waals surface area (Å²) in [5.74, 6) is 1.37. The Kier molecular flexibility index (Phi) is 4.85. The van der Waals surface area contributed by atoms with E-state index in [9.17, 15) is 0 Å². The van der Waals surface area contributed by atoms with Crippen molar-refractivity contribution in [3.8, 4) is 5.75 Å². The molecule has 1 rings (SSSR count). The maximum absolute atomic E-state index is 5.81. The van der Waals surface area contributed by atoms with E-state index in [-0.39, 0.29) is 0 Å². The maximum atomic E-state index is 5.81. The van der Waals surface area contributed by atoms with Crippen molar-refractivity contribution in [2.24, 2.45) is 0 Å². The van der Waals surface area contributed by atoms with Crippen LogP contribution in [0.1, 0.15) is 5.56 Å². The van der Waals surface area contributed by atoms with E-state index in [0.717, 1.165) is 16.3 Å². The fourth-order valence-corrected chi connectivity index (χ4v) is 1.40. The number of hydrogen-bond acceptors (Lipinski definition) is 1. The van der Waals surface area contributed by atoms with Crippen molar-refractivity contribution in [1.82, 2.24) is 0 Å². The smallest absolute Gasteiger partial charge is 0.122 e. The molecule has 0 aliphatic carbocycles. The van der Waals surface area contributed by atoms with Gasteiger partial charge in [0.15, 0.2) is 0 Å². The lowest BCUT2D eigenvalue weighted by atomic mass is 10.2. The fourth-order valence-electron chi connectivity index (χ4n) is 1.04. The van der Waals surface area contributed by atoms with Crippen LogP contribution in [0.5, 0.6) is 5.75 Å².